The summed E-state index contributed by atoms with van der Waals surface area (Å²) in [7, 11) is -3.66. The Morgan fingerprint density at radius 3 is 2.24 bits per heavy atom. The molecule has 21 heavy (non-hydrogen) atoms. The lowest BCUT2D eigenvalue weighted by atomic mass is 10.2. The lowest BCUT2D eigenvalue weighted by Crippen LogP contribution is -2.24. The van der Waals surface area contributed by atoms with Crippen molar-refractivity contribution in [2.24, 2.45) is 0 Å². The molecule has 112 valence electrons. The van der Waals surface area contributed by atoms with Gasteiger partial charge < -0.3 is 5.73 Å². The first-order chi connectivity index (χ1) is 9.79. The Kier molecular flexibility index (Phi) is 5.48. The van der Waals surface area contributed by atoms with Gasteiger partial charge in [-0.15, -0.1) is 0 Å². The zero-order chi connectivity index (χ0) is 15.6. The van der Waals surface area contributed by atoms with Crippen molar-refractivity contribution in [1.29, 1.82) is 0 Å². The van der Waals surface area contributed by atoms with Crippen molar-refractivity contribution in [2.75, 3.05) is 5.73 Å². The number of nitrogens with two attached hydrogens (primary N) is 1. The number of sulfonamides is 1. The van der Waals surface area contributed by atoms with Crippen LogP contribution < -0.4 is 10.5 Å². The van der Waals surface area contributed by atoms with Crippen LogP contribution in [0.25, 0.3) is 0 Å². The van der Waals surface area contributed by atoms with E-state index in [2.05, 4.69) is 52.5 Å². The van der Waals surface area contributed by atoms with E-state index in [4.69, 9.17) is 5.73 Å². The molecular weight excluding hydrogens is 488 g/mol. The zero-order valence-electron chi connectivity index (χ0n) is 10.6. The molecular formula is C13H11Br3N2O2S. The highest BCUT2D eigenvalue weighted by Crippen LogP contribution is 2.32. The number of benzene rings is 2. The second kappa shape index (κ2) is 6.78. The number of nitrogen functional groups attached to an aromatic ring is 1. The third-order valence-corrected chi connectivity index (χ3v) is 6.42. The fourth-order valence-corrected chi connectivity index (χ4v) is 5.81. The van der Waals surface area contributed by atoms with Crippen molar-refractivity contribution in [3.05, 3.63) is 55.4 Å². The van der Waals surface area contributed by atoms with Gasteiger partial charge in [-0.1, -0.05) is 28.1 Å². The van der Waals surface area contributed by atoms with Gasteiger partial charge in [0, 0.05) is 25.7 Å². The molecule has 0 saturated carbocycles. The number of anilines is 1. The molecule has 2 aromatic carbocycles. The standard InChI is InChI=1S/C13H11Br3N2O2S/c14-9-3-1-2-8(4-9)7-18-21(19,20)13-11(15)5-10(17)6-12(13)16/h1-6,18H,7,17H2. The van der Waals surface area contributed by atoms with Gasteiger partial charge in [0.1, 0.15) is 4.90 Å². The number of hydrogen-bond acceptors (Lipinski definition) is 3. The molecule has 0 radical (unpaired) electrons. The maximum Gasteiger partial charge on any atom is 0.243 e. The predicted octanol–water partition coefficient (Wildman–Crippen LogP) is 4.03. The summed E-state index contributed by atoms with van der Waals surface area (Å²) in [6.45, 7) is 0.199. The normalized spacial score (nSPS) is 11.6. The Labute approximate surface area is 148 Å². The van der Waals surface area contributed by atoms with E-state index < -0.39 is 10.0 Å². The molecule has 0 aliphatic rings. The first-order valence-corrected chi connectivity index (χ1v) is 9.64. The van der Waals surface area contributed by atoms with Gasteiger partial charge in [-0.25, -0.2) is 13.1 Å². The second-order valence-electron chi connectivity index (χ2n) is 4.27. The van der Waals surface area contributed by atoms with Crippen LogP contribution in [-0.2, 0) is 16.6 Å². The van der Waals surface area contributed by atoms with Crippen molar-refractivity contribution in [2.45, 2.75) is 11.4 Å². The minimum absolute atomic E-state index is 0.131. The predicted molar refractivity (Wildman–Crippen MR) is 94.4 cm³/mol. The third-order valence-electron chi connectivity index (χ3n) is 2.64. The van der Waals surface area contributed by atoms with E-state index in [9.17, 15) is 8.42 Å². The molecule has 0 saturated heterocycles. The van der Waals surface area contributed by atoms with Crippen molar-refractivity contribution in [1.82, 2.24) is 4.72 Å². The SMILES string of the molecule is Nc1cc(Br)c(S(=O)(=O)NCc2cccc(Br)c2)c(Br)c1. The van der Waals surface area contributed by atoms with Crippen LogP contribution in [0.5, 0.6) is 0 Å². The smallest absolute Gasteiger partial charge is 0.243 e. The third kappa shape index (κ3) is 4.29. The molecule has 0 unspecified atom stereocenters. The van der Waals surface area contributed by atoms with Crippen molar-refractivity contribution in [3.63, 3.8) is 0 Å². The van der Waals surface area contributed by atoms with Gasteiger partial charge in [0.25, 0.3) is 0 Å². The largest absolute Gasteiger partial charge is 0.399 e. The van der Waals surface area contributed by atoms with Gasteiger partial charge in [0.2, 0.25) is 10.0 Å². The summed E-state index contributed by atoms with van der Waals surface area (Å²) < 4.78 is 29.1. The highest BCUT2D eigenvalue weighted by Gasteiger charge is 2.21. The lowest BCUT2D eigenvalue weighted by molar-refractivity contribution is 0.580. The average molecular weight is 499 g/mol. The Morgan fingerprint density at radius 2 is 1.67 bits per heavy atom. The van der Waals surface area contributed by atoms with E-state index in [0.29, 0.717) is 14.6 Å². The van der Waals surface area contributed by atoms with Crippen LogP contribution >= 0.6 is 47.8 Å². The number of halogens is 3. The van der Waals surface area contributed by atoms with Crippen LogP contribution in [0.15, 0.2) is 54.7 Å². The molecule has 2 aromatic rings. The first-order valence-electron chi connectivity index (χ1n) is 5.78. The van der Waals surface area contributed by atoms with Gasteiger partial charge in [-0.05, 0) is 61.7 Å². The minimum Gasteiger partial charge on any atom is -0.399 e. The van der Waals surface area contributed by atoms with Crippen molar-refractivity contribution in [3.8, 4) is 0 Å². The highest BCUT2D eigenvalue weighted by atomic mass is 79.9. The summed E-state index contributed by atoms with van der Waals surface area (Å²) in [4.78, 5) is 0.131. The van der Waals surface area contributed by atoms with Crippen LogP contribution in [0.2, 0.25) is 0 Å². The fourth-order valence-electron chi connectivity index (χ4n) is 1.73. The molecule has 0 atom stereocenters. The Morgan fingerprint density at radius 1 is 1.05 bits per heavy atom. The Bertz CT molecular complexity index is 756. The van der Waals surface area contributed by atoms with Gasteiger partial charge in [0.05, 0.1) is 0 Å². The molecule has 0 aromatic heterocycles. The number of nitrogens with one attached hydrogen (secondary N) is 1. The van der Waals surface area contributed by atoms with Crippen LogP contribution in [0.4, 0.5) is 5.69 Å². The summed E-state index contributed by atoms with van der Waals surface area (Å²) in [5, 5.41) is 0. The molecule has 0 bridgehead atoms. The molecule has 4 nitrogen and oxygen atoms in total. The summed E-state index contributed by atoms with van der Waals surface area (Å²) in [5.41, 5.74) is 7.00. The highest BCUT2D eigenvalue weighted by molar-refractivity contribution is 9.11. The first kappa shape index (κ1) is 17.0. The summed E-state index contributed by atoms with van der Waals surface area (Å²) >= 11 is 9.82. The van der Waals surface area contributed by atoms with E-state index in [0.717, 1.165) is 10.0 Å². The average Bonchev–Trinajstić information content (AvgIpc) is 2.35. The van der Waals surface area contributed by atoms with Gasteiger partial charge in [-0.2, -0.15) is 0 Å². The maximum atomic E-state index is 12.4. The van der Waals surface area contributed by atoms with E-state index in [-0.39, 0.29) is 11.4 Å². The fraction of sp³-hybridized carbons (Fsp3) is 0.0769. The number of rotatable bonds is 4. The molecule has 0 spiro atoms. The zero-order valence-corrected chi connectivity index (χ0v) is 16.2. The van der Waals surface area contributed by atoms with E-state index in [1.54, 1.807) is 12.1 Å². The lowest BCUT2D eigenvalue weighted by Gasteiger charge is -2.11. The topological polar surface area (TPSA) is 72.2 Å². The van der Waals surface area contributed by atoms with Crippen LogP contribution in [0, 0.1) is 0 Å². The molecule has 0 amide bonds. The number of hydrogen-bond donors (Lipinski definition) is 2. The van der Waals surface area contributed by atoms with E-state index >= 15 is 0 Å². The second-order valence-corrected chi connectivity index (χ2v) is 8.60. The molecule has 3 N–H and O–H groups in total. The monoisotopic (exact) mass is 496 g/mol. The van der Waals surface area contributed by atoms with Crippen LogP contribution in [-0.4, -0.2) is 8.42 Å². The van der Waals surface area contributed by atoms with Crippen LogP contribution in [0.1, 0.15) is 5.56 Å². The van der Waals surface area contributed by atoms with Crippen LogP contribution in [0.3, 0.4) is 0 Å². The quantitative estimate of drug-likeness (QED) is 0.625. The minimum atomic E-state index is -3.66. The van der Waals surface area contributed by atoms with E-state index in [1.165, 1.54) is 0 Å². The van der Waals surface area contributed by atoms with Gasteiger partial charge >= 0.3 is 0 Å². The van der Waals surface area contributed by atoms with Gasteiger partial charge in [0.15, 0.2) is 0 Å². The molecule has 8 heteroatoms. The summed E-state index contributed by atoms with van der Waals surface area (Å²) in [6, 6.07) is 10.5. The molecule has 0 heterocycles. The van der Waals surface area contributed by atoms with Gasteiger partial charge in [-0.3, -0.25) is 0 Å². The Hall–Kier alpha value is -0.410. The molecule has 0 fully saturated rings. The molecule has 0 aliphatic carbocycles. The maximum absolute atomic E-state index is 12.4. The molecule has 0 aliphatic heterocycles. The summed E-state index contributed by atoms with van der Waals surface area (Å²) in [5.74, 6) is 0. The summed E-state index contributed by atoms with van der Waals surface area (Å²) in [6.07, 6.45) is 0. The van der Waals surface area contributed by atoms with Crippen molar-refractivity contribution >= 4 is 63.5 Å². The molecule has 2 rings (SSSR count). The van der Waals surface area contributed by atoms with Crippen molar-refractivity contribution < 1.29 is 8.42 Å². The Balaban J connectivity index is 2.27. The van der Waals surface area contributed by atoms with E-state index in [1.807, 2.05) is 24.3 Å².